The summed E-state index contributed by atoms with van der Waals surface area (Å²) in [5.41, 5.74) is 7.10. The SMILES string of the molecule is CCCn1c(C2(C)COCC2N)nc2c(F)cccc21. The van der Waals surface area contributed by atoms with Gasteiger partial charge in [-0.1, -0.05) is 13.0 Å². The molecule has 1 aliphatic rings. The number of benzene rings is 1. The van der Waals surface area contributed by atoms with E-state index in [4.69, 9.17) is 10.5 Å². The molecule has 0 saturated carbocycles. The molecule has 2 heterocycles. The van der Waals surface area contributed by atoms with E-state index < -0.39 is 0 Å². The fourth-order valence-electron chi connectivity index (χ4n) is 2.92. The zero-order valence-electron chi connectivity index (χ0n) is 11.9. The molecule has 0 aliphatic carbocycles. The van der Waals surface area contributed by atoms with Crippen molar-refractivity contribution in [3.8, 4) is 0 Å². The lowest BCUT2D eigenvalue weighted by Gasteiger charge is -2.27. The van der Waals surface area contributed by atoms with Crippen LogP contribution in [0.25, 0.3) is 11.0 Å². The van der Waals surface area contributed by atoms with E-state index in [1.54, 1.807) is 6.07 Å². The molecule has 0 spiro atoms. The average molecular weight is 277 g/mol. The molecule has 108 valence electrons. The molecule has 2 N–H and O–H groups in total. The van der Waals surface area contributed by atoms with E-state index in [0.717, 1.165) is 24.3 Å². The zero-order valence-corrected chi connectivity index (χ0v) is 11.9. The predicted molar refractivity (Wildman–Crippen MR) is 76.1 cm³/mol. The van der Waals surface area contributed by atoms with Crippen LogP contribution in [0.3, 0.4) is 0 Å². The highest BCUT2D eigenvalue weighted by atomic mass is 19.1. The molecule has 4 nitrogen and oxygen atoms in total. The first kappa shape index (κ1) is 13.5. The molecule has 1 aromatic heterocycles. The second-order valence-corrected chi connectivity index (χ2v) is 5.73. The van der Waals surface area contributed by atoms with Crippen LogP contribution in [0, 0.1) is 5.82 Å². The van der Waals surface area contributed by atoms with Gasteiger partial charge < -0.3 is 15.0 Å². The van der Waals surface area contributed by atoms with E-state index in [1.165, 1.54) is 6.07 Å². The highest BCUT2D eigenvalue weighted by Crippen LogP contribution is 2.34. The smallest absolute Gasteiger partial charge is 0.151 e. The van der Waals surface area contributed by atoms with Gasteiger partial charge in [0, 0.05) is 12.6 Å². The Labute approximate surface area is 117 Å². The Morgan fingerprint density at radius 3 is 3.00 bits per heavy atom. The molecule has 0 radical (unpaired) electrons. The first-order chi connectivity index (χ1) is 9.58. The minimum Gasteiger partial charge on any atom is -0.379 e. The topological polar surface area (TPSA) is 53.1 Å². The van der Waals surface area contributed by atoms with Crippen molar-refractivity contribution in [2.24, 2.45) is 5.73 Å². The van der Waals surface area contributed by atoms with Crippen molar-refractivity contribution >= 4 is 11.0 Å². The summed E-state index contributed by atoms with van der Waals surface area (Å²) >= 11 is 0. The second kappa shape index (κ2) is 4.82. The van der Waals surface area contributed by atoms with Crippen molar-refractivity contribution in [1.29, 1.82) is 0 Å². The largest absolute Gasteiger partial charge is 0.379 e. The van der Waals surface area contributed by atoms with Gasteiger partial charge in [-0.2, -0.15) is 0 Å². The number of aryl methyl sites for hydroxylation is 1. The highest BCUT2D eigenvalue weighted by Gasteiger charge is 2.43. The van der Waals surface area contributed by atoms with Crippen molar-refractivity contribution < 1.29 is 9.13 Å². The van der Waals surface area contributed by atoms with Crippen LogP contribution in [-0.4, -0.2) is 28.8 Å². The van der Waals surface area contributed by atoms with E-state index in [0.29, 0.717) is 18.7 Å². The van der Waals surface area contributed by atoms with Crippen molar-refractivity contribution in [3.63, 3.8) is 0 Å². The normalized spacial score (nSPS) is 26.5. The summed E-state index contributed by atoms with van der Waals surface area (Å²) in [6, 6.07) is 4.97. The summed E-state index contributed by atoms with van der Waals surface area (Å²) in [7, 11) is 0. The van der Waals surface area contributed by atoms with Crippen LogP contribution < -0.4 is 5.73 Å². The van der Waals surface area contributed by atoms with E-state index in [-0.39, 0.29) is 17.3 Å². The van der Waals surface area contributed by atoms with Gasteiger partial charge in [0.1, 0.15) is 11.3 Å². The minimum absolute atomic E-state index is 0.113. The molecular formula is C15H20FN3O. The summed E-state index contributed by atoms with van der Waals surface area (Å²) in [5, 5.41) is 0. The lowest BCUT2D eigenvalue weighted by Crippen LogP contribution is -2.43. The number of hydrogen-bond donors (Lipinski definition) is 1. The fraction of sp³-hybridized carbons (Fsp3) is 0.533. The van der Waals surface area contributed by atoms with E-state index >= 15 is 0 Å². The van der Waals surface area contributed by atoms with Crippen LogP contribution in [0.1, 0.15) is 26.1 Å². The van der Waals surface area contributed by atoms with Gasteiger partial charge in [-0.15, -0.1) is 0 Å². The van der Waals surface area contributed by atoms with Crippen molar-refractivity contribution in [2.45, 2.75) is 38.3 Å². The van der Waals surface area contributed by atoms with Crippen LogP contribution in [0.2, 0.25) is 0 Å². The predicted octanol–water partition coefficient (Wildman–Crippen LogP) is 2.20. The Morgan fingerprint density at radius 1 is 1.55 bits per heavy atom. The molecule has 1 saturated heterocycles. The lowest BCUT2D eigenvalue weighted by molar-refractivity contribution is 0.177. The van der Waals surface area contributed by atoms with Crippen LogP contribution in [0.4, 0.5) is 4.39 Å². The third kappa shape index (κ3) is 1.84. The Morgan fingerprint density at radius 2 is 2.35 bits per heavy atom. The highest BCUT2D eigenvalue weighted by molar-refractivity contribution is 5.77. The summed E-state index contributed by atoms with van der Waals surface area (Å²) < 4.78 is 21.6. The van der Waals surface area contributed by atoms with Crippen LogP contribution in [0.15, 0.2) is 18.2 Å². The lowest BCUT2D eigenvalue weighted by atomic mass is 9.85. The van der Waals surface area contributed by atoms with Crippen molar-refractivity contribution in [3.05, 3.63) is 29.8 Å². The van der Waals surface area contributed by atoms with Crippen LogP contribution >= 0.6 is 0 Å². The maximum atomic E-state index is 14.0. The number of ether oxygens (including phenoxy) is 1. The van der Waals surface area contributed by atoms with Crippen LogP contribution in [-0.2, 0) is 16.7 Å². The van der Waals surface area contributed by atoms with Gasteiger partial charge in [-0.25, -0.2) is 9.37 Å². The van der Waals surface area contributed by atoms with Crippen LogP contribution in [0.5, 0.6) is 0 Å². The molecule has 20 heavy (non-hydrogen) atoms. The summed E-state index contributed by atoms with van der Waals surface area (Å²) in [6.07, 6.45) is 0.959. The van der Waals surface area contributed by atoms with Crippen molar-refractivity contribution in [2.75, 3.05) is 13.2 Å². The molecule has 3 rings (SSSR count). The number of rotatable bonds is 3. The number of halogens is 1. The van der Waals surface area contributed by atoms with Gasteiger partial charge in [-0.3, -0.25) is 0 Å². The summed E-state index contributed by atoms with van der Waals surface area (Å²) in [5.74, 6) is 0.555. The Bertz CT molecular complexity index is 639. The number of nitrogens with two attached hydrogens (primary N) is 1. The minimum atomic E-state index is -0.360. The number of aromatic nitrogens is 2. The molecule has 2 aromatic rings. The molecule has 1 fully saturated rings. The molecule has 0 bridgehead atoms. The van der Waals surface area contributed by atoms with E-state index in [9.17, 15) is 4.39 Å². The number of para-hydroxylation sites is 1. The number of imidazole rings is 1. The molecule has 2 unspecified atom stereocenters. The van der Waals surface area contributed by atoms with Gasteiger partial charge in [0.25, 0.3) is 0 Å². The third-order valence-corrected chi connectivity index (χ3v) is 4.21. The van der Waals surface area contributed by atoms with Gasteiger partial charge in [0.15, 0.2) is 5.82 Å². The summed E-state index contributed by atoms with van der Waals surface area (Å²) in [4.78, 5) is 4.56. The Balaban J connectivity index is 2.24. The number of nitrogens with zero attached hydrogens (tertiary/aromatic N) is 2. The first-order valence-corrected chi connectivity index (χ1v) is 7.06. The van der Waals surface area contributed by atoms with Gasteiger partial charge in [-0.05, 0) is 25.5 Å². The third-order valence-electron chi connectivity index (χ3n) is 4.21. The molecule has 1 aromatic carbocycles. The number of fused-ring (bicyclic) bond motifs is 1. The molecule has 2 atom stereocenters. The van der Waals surface area contributed by atoms with Crippen molar-refractivity contribution in [1.82, 2.24) is 9.55 Å². The summed E-state index contributed by atoms with van der Waals surface area (Å²) in [6.45, 7) is 6.01. The maximum absolute atomic E-state index is 14.0. The number of hydrogen-bond acceptors (Lipinski definition) is 3. The zero-order chi connectivity index (χ0) is 14.3. The molecule has 1 aliphatic heterocycles. The second-order valence-electron chi connectivity index (χ2n) is 5.73. The molecule has 5 heteroatoms. The van der Waals surface area contributed by atoms with Gasteiger partial charge in [0.2, 0.25) is 0 Å². The molecule has 0 amide bonds. The van der Waals surface area contributed by atoms with Gasteiger partial charge >= 0.3 is 0 Å². The average Bonchev–Trinajstić information content (AvgIpc) is 2.95. The monoisotopic (exact) mass is 277 g/mol. The first-order valence-electron chi connectivity index (χ1n) is 7.06. The fourth-order valence-corrected chi connectivity index (χ4v) is 2.92. The Hall–Kier alpha value is -1.46. The maximum Gasteiger partial charge on any atom is 0.151 e. The van der Waals surface area contributed by atoms with Gasteiger partial charge in [0.05, 0.1) is 24.1 Å². The standard InChI is InChI=1S/C15H20FN3O/c1-3-7-19-11-6-4-5-10(16)13(11)18-14(19)15(2)9-20-8-12(15)17/h4-6,12H,3,7-9,17H2,1-2H3. The van der Waals surface area contributed by atoms with E-state index in [1.807, 2.05) is 6.07 Å². The molecular weight excluding hydrogens is 257 g/mol. The van der Waals surface area contributed by atoms with E-state index in [2.05, 4.69) is 23.4 Å². The Kier molecular flexibility index (Phi) is 3.26. The quantitative estimate of drug-likeness (QED) is 0.935.